The van der Waals surface area contributed by atoms with E-state index in [4.69, 9.17) is 9.47 Å². The van der Waals surface area contributed by atoms with E-state index in [0.29, 0.717) is 17.5 Å². The van der Waals surface area contributed by atoms with Crippen LogP contribution in [0.15, 0.2) is 59.6 Å². The molecule has 4 rings (SSSR count). The van der Waals surface area contributed by atoms with Crippen molar-refractivity contribution in [1.82, 2.24) is 15.1 Å². The average molecular weight is 464 g/mol. The van der Waals surface area contributed by atoms with E-state index in [9.17, 15) is 4.79 Å². The Labute approximate surface area is 203 Å². The number of likely N-dealkylation sites (tertiary alicyclic amines) is 1. The number of benzene rings is 1. The Bertz CT molecular complexity index is 1040. The van der Waals surface area contributed by atoms with Crippen LogP contribution in [0.25, 0.3) is 5.57 Å². The van der Waals surface area contributed by atoms with Crippen molar-refractivity contribution in [3.8, 4) is 11.5 Å². The number of hydrogen-bond donors (Lipinski definition) is 1. The monoisotopic (exact) mass is 463 g/mol. The number of nitrogens with zero attached hydrogens (tertiary/aromatic N) is 2. The summed E-state index contributed by atoms with van der Waals surface area (Å²) >= 11 is 0. The highest BCUT2D eigenvalue weighted by Gasteiger charge is 2.28. The Kier molecular flexibility index (Phi) is 7.47. The number of ether oxygens (including phenoxy) is 2. The minimum Gasteiger partial charge on any atom is -0.493 e. The highest BCUT2D eigenvalue weighted by molar-refractivity contribution is 5.98. The molecule has 1 atom stereocenters. The van der Waals surface area contributed by atoms with Gasteiger partial charge in [-0.1, -0.05) is 26.0 Å². The van der Waals surface area contributed by atoms with Crippen molar-refractivity contribution in [2.75, 3.05) is 33.9 Å². The van der Waals surface area contributed by atoms with Gasteiger partial charge < -0.3 is 19.7 Å². The second-order valence-electron chi connectivity index (χ2n) is 9.30. The number of fused-ring (bicyclic) bond motifs is 1. The van der Waals surface area contributed by atoms with E-state index in [1.165, 1.54) is 0 Å². The zero-order valence-electron chi connectivity index (χ0n) is 21.1. The van der Waals surface area contributed by atoms with Crippen LogP contribution in [-0.4, -0.2) is 55.6 Å². The molecule has 1 fully saturated rings. The largest absolute Gasteiger partial charge is 0.493 e. The second-order valence-corrected chi connectivity index (χ2v) is 9.30. The third-order valence-corrected chi connectivity index (χ3v) is 7.07. The molecule has 1 saturated heterocycles. The van der Waals surface area contributed by atoms with Crippen LogP contribution in [-0.2, 0) is 4.79 Å². The quantitative estimate of drug-likeness (QED) is 0.662. The van der Waals surface area contributed by atoms with Gasteiger partial charge in [0.15, 0.2) is 11.5 Å². The van der Waals surface area contributed by atoms with Crippen LogP contribution in [0.4, 0.5) is 0 Å². The molecule has 3 aliphatic heterocycles. The number of carbonyl (C=O) groups is 1. The van der Waals surface area contributed by atoms with Crippen LogP contribution in [0.2, 0.25) is 0 Å². The number of hydrogen-bond acceptors (Lipinski definition) is 5. The lowest BCUT2D eigenvalue weighted by molar-refractivity contribution is -0.122. The van der Waals surface area contributed by atoms with E-state index < -0.39 is 0 Å². The van der Waals surface area contributed by atoms with Gasteiger partial charge in [-0.3, -0.25) is 9.69 Å². The van der Waals surface area contributed by atoms with Crippen molar-refractivity contribution in [2.24, 2.45) is 5.92 Å². The smallest absolute Gasteiger partial charge is 0.255 e. The Balaban J connectivity index is 1.62. The summed E-state index contributed by atoms with van der Waals surface area (Å²) in [5.41, 5.74) is 5.23. The molecule has 0 saturated carbocycles. The Hall–Kier alpha value is -2.99. The van der Waals surface area contributed by atoms with Crippen molar-refractivity contribution in [3.05, 3.63) is 65.2 Å². The predicted octanol–water partition coefficient (Wildman–Crippen LogP) is 4.71. The molecule has 34 heavy (non-hydrogen) atoms. The molecule has 0 aromatic heterocycles. The molecule has 0 spiro atoms. The van der Waals surface area contributed by atoms with Crippen molar-refractivity contribution >= 4 is 11.5 Å². The van der Waals surface area contributed by atoms with Gasteiger partial charge in [-0.2, -0.15) is 0 Å². The summed E-state index contributed by atoms with van der Waals surface area (Å²) in [7, 11) is 3.26. The maximum Gasteiger partial charge on any atom is 0.255 e. The summed E-state index contributed by atoms with van der Waals surface area (Å²) in [5.74, 6) is 1.52. The summed E-state index contributed by atoms with van der Waals surface area (Å²) in [6.07, 6.45) is 11.3. The maximum absolute atomic E-state index is 13.6. The number of amides is 1. The summed E-state index contributed by atoms with van der Waals surface area (Å²) < 4.78 is 10.9. The molecule has 1 aromatic rings. The van der Waals surface area contributed by atoms with E-state index >= 15 is 0 Å². The fourth-order valence-electron chi connectivity index (χ4n) is 5.11. The van der Waals surface area contributed by atoms with Gasteiger partial charge in [0, 0.05) is 37.1 Å². The maximum atomic E-state index is 13.6. The van der Waals surface area contributed by atoms with Gasteiger partial charge in [-0.15, -0.1) is 0 Å². The molecule has 6 nitrogen and oxygen atoms in total. The lowest BCUT2D eigenvalue weighted by atomic mass is 9.88. The van der Waals surface area contributed by atoms with Crippen molar-refractivity contribution < 1.29 is 14.3 Å². The number of nitrogens with one attached hydrogen (secondary N) is 1. The molecule has 0 bridgehead atoms. The van der Waals surface area contributed by atoms with E-state index in [1.807, 2.05) is 29.3 Å². The van der Waals surface area contributed by atoms with Gasteiger partial charge in [0.25, 0.3) is 5.91 Å². The summed E-state index contributed by atoms with van der Waals surface area (Å²) in [6, 6.07) is 6.44. The Morgan fingerprint density at radius 3 is 2.50 bits per heavy atom. The first-order chi connectivity index (χ1) is 16.4. The molecule has 1 amide bonds. The zero-order valence-corrected chi connectivity index (χ0v) is 21.1. The molecule has 6 heteroatoms. The molecule has 1 N–H and O–H groups in total. The number of piperidine rings is 1. The number of carbonyl (C=O) groups excluding carboxylic acids is 1. The van der Waals surface area contributed by atoms with E-state index in [-0.39, 0.29) is 11.8 Å². The molecule has 3 heterocycles. The van der Waals surface area contributed by atoms with Crippen molar-refractivity contribution in [3.63, 3.8) is 0 Å². The number of methoxy groups -OCH3 is 2. The van der Waals surface area contributed by atoms with Gasteiger partial charge in [0.2, 0.25) is 0 Å². The normalized spacial score (nSPS) is 21.6. The van der Waals surface area contributed by atoms with Crippen LogP contribution in [0.5, 0.6) is 11.5 Å². The molecular weight excluding hydrogens is 426 g/mol. The van der Waals surface area contributed by atoms with Crippen LogP contribution in [0.3, 0.4) is 0 Å². The summed E-state index contributed by atoms with van der Waals surface area (Å²) in [5, 5.41) is 3.56. The highest BCUT2D eigenvalue weighted by atomic mass is 16.5. The Morgan fingerprint density at radius 1 is 1.09 bits per heavy atom. The van der Waals surface area contributed by atoms with Crippen LogP contribution < -0.4 is 14.8 Å². The molecule has 3 aliphatic rings. The van der Waals surface area contributed by atoms with Gasteiger partial charge in [-0.05, 0) is 73.6 Å². The third kappa shape index (κ3) is 4.92. The first-order valence-electron chi connectivity index (χ1n) is 12.3. The third-order valence-electron chi connectivity index (χ3n) is 7.07. The van der Waals surface area contributed by atoms with Gasteiger partial charge in [-0.25, -0.2) is 0 Å². The van der Waals surface area contributed by atoms with Gasteiger partial charge in [0.1, 0.15) is 0 Å². The van der Waals surface area contributed by atoms with E-state index in [2.05, 4.69) is 43.1 Å². The molecule has 0 radical (unpaired) electrons. The minimum absolute atomic E-state index is 0.0185. The number of rotatable bonds is 6. The van der Waals surface area contributed by atoms with Gasteiger partial charge >= 0.3 is 0 Å². The fraction of sp³-hybridized carbons (Fsp3) is 0.464. The molecule has 182 valence electrons. The van der Waals surface area contributed by atoms with Crippen LogP contribution in [0, 0.1) is 5.92 Å². The van der Waals surface area contributed by atoms with E-state index in [0.717, 1.165) is 67.0 Å². The van der Waals surface area contributed by atoms with Crippen molar-refractivity contribution in [1.29, 1.82) is 0 Å². The molecule has 1 unspecified atom stereocenters. The van der Waals surface area contributed by atoms with Crippen LogP contribution >= 0.6 is 0 Å². The van der Waals surface area contributed by atoms with Crippen LogP contribution in [0.1, 0.15) is 45.6 Å². The lowest BCUT2D eigenvalue weighted by Gasteiger charge is -2.38. The first kappa shape index (κ1) is 24.1. The molecular formula is C28H37N3O3. The summed E-state index contributed by atoms with van der Waals surface area (Å²) in [4.78, 5) is 17.8. The second kappa shape index (κ2) is 10.5. The minimum atomic E-state index is -0.0185. The molecule has 0 aliphatic carbocycles. The fourth-order valence-corrected chi connectivity index (χ4v) is 5.11. The number of allylic oxidation sites excluding steroid dienone is 4. The van der Waals surface area contributed by atoms with Gasteiger partial charge in [0.05, 0.1) is 19.9 Å². The summed E-state index contributed by atoms with van der Waals surface area (Å²) in [6.45, 7) is 9.44. The lowest BCUT2D eigenvalue weighted by Crippen LogP contribution is -2.42. The average Bonchev–Trinajstić information content (AvgIpc) is 2.85. The SMILES string of the molecule is CCNC1CCN(C2=CN3C(=O)C=C(c4ccc(OC)c(OC)c4)C(C)CC=C3C(C)=C2)CC1. The standard InChI is InChI=1S/C28H37N3O3/c1-6-29-22-11-13-30(14-12-22)23-15-20(3)25-9-7-19(2)24(17-28(32)31(25)18-23)21-8-10-26(33-4)27(16-21)34-5/h8-10,15-19,22,29H,6-7,11-14H2,1-5H3. The highest BCUT2D eigenvalue weighted by Crippen LogP contribution is 2.37. The predicted molar refractivity (Wildman–Crippen MR) is 136 cm³/mol. The first-order valence-corrected chi connectivity index (χ1v) is 12.3. The zero-order chi connectivity index (χ0) is 24.2. The van der Waals surface area contributed by atoms with E-state index in [1.54, 1.807) is 20.3 Å². The topological polar surface area (TPSA) is 54.0 Å². The Morgan fingerprint density at radius 2 is 1.82 bits per heavy atom. The van der Waals surface area contributed by atoms with Crippen molar-refractivity contribution in [2.45, 2.75) is 46.1 Å². The molecule has 1 aromatic carbocycles.